The monoisotopic (exact) mass is 325 g/mol. The number of nitro benzene ring substituents is 1. The van der Waals surface area contributed by atoms with Crippen molar-refractivity contribution < 1.29 is 15.2 Å². The molecule has 2 atom stereocenters. The summed E-state index contributed by atoms with van der Waals surface area (Å²) in [7, 11) is 0. The Morgan fingerprint density at radius 2 is 2.00 bits per heavy atom. The van der Waals surface area contributed by atoms with Crippen molar-refractivity contribution in [1.82, 2.24) is 0 Å². The molecule has 0 aliphatic carbocycles. The van der Waals surface area contributed by atoms with Crippen molar-refractivity contribution in [1.29, 1.82) is 0 Å². The molecule has 2 aliphatic heterocycles. The fraction of sp³-hybridized carbons (Fsp3) is 0.500. The predicted octanol–water partition coefficient (Wildman–Crippen LogP) is 2.55. The highest BCUT2D eigenvalue weighted by Crippen LogP contribution is 2.43. The number of nitrogens with zero attached hydrogens (tertiary/aromatic N) is 3. The van der Waals surface area contributed by atoms with Gasteiger partial charge < -0.3 is 15.2 Å². The van der Waals surface area contributed by atoms with Gasteiger partial charge in [-0.1, -0.05) is 16.8 Å². The zero-order valence-corrected chi connectivity index (χ0v) is 12.5. The van der Waals surface area contributed by atoms with Crippen molar-refractivity contribution in [3.63, 3.8) is 0 Å². The molecule has 1 aromatic rings. The maximum atomic E-state index is 11.0. The van der Waals surface area contributed by atoms with Crippen LogP contribution in [0.25, 0.3) is 0 Å². The lowest BCUT2D eigenvalue weighted by Gasteiger charge is -2.39. The number of anilines is 1. The Labute approximate surface area is 131 Å². The SMILES string of the molecule is O=[N+]([O-])c1ccc(N2C3CCC2CC(O)C3)c(C=NO)c1Cl. The average molecular weight is 326 g/mol. The fourth-order valence-corrected chi connectivity index (χ4v) is 3.94. The topological polar surface area (TPSA) is 99.2 Å². The number of aliphatic hydroxyl groups excluding tert-OH is 1. The molecule has 0 aromatic heterocycles. The smallest absolute Gasteiger partial charge is 0.288 e. The van der Waals surface area contributed by atoms with E-state index >= 15 is 0 Å². The van der Waals surface area contributed by atoms with Crippen LogP contribution in [0, 0.1) is 10.1 Å². The third-order valence-electron chi connectivity index (χ3n) is 4.51. The second-order valence-electron chi connectivity index (χ2n) is 5.75. The molecule has 2 aliphatic rings. The first-order valence-corrected chi connectivity index (χ1v) is 7.51. The molecule has 2 bridgehead atoms. The molecule has 1 aromatic carbocycles. The lowest BCUT2D eigenvalue weighted by molar-refractivity contribution is -0.384. The highest BCUT2D eigenvalue weighted by molar-refractivity contribution is 6.35. The molecule has 7 nitrogen and oxygen atoms in total. The molecule has 118 valence electrons. The Hall–Kier alpha value is -1.86. The Bertz CT molecular complexity index is 623. The fourth-order valence-electron chi connectivity index (χ4n) is 3.66. The molecular weight excluding hydrogens is 310 g/mol. The molecule has 0 spiro atoms. The Kier molecular flexibility index (Phi) is 3.92. The number of piperidine rings is 1. The average Bonchev–Trinajstić information content (AvgIpc) is 2.72. The van der Waals surface area contributed by atoms with Gasteiger partial charge in [-0.15, -0.1) is 0 Å². The van der Waals surface area contributed by atoms with E-state index in [1.807, 2.05) is 0 Å². The van der Waals surface area contributed by atoms with Crippen LogP contribution < -0.4 is 4.90 Å². The molecule has 2 fully saturated rings. The predicted molar refractivity (Wildman–Crippen MR) is 82.0 cm³/mol. The van der Waals surface area contributed by atoms with E-state index in [9.17, 15) is 15.2 Å². The first-order chi connectivity index (χ1) is 10.5. The molecule has 8 heteroatoms. The van der Waals surface area contributed by atoms with Gasteiger partial charge in [0.15, 0.2) is 0 Å². The number of fused-ring (bicyclic) bond motifs is 2. The lowest BCUT2D eigenvalue weighted by atomic mass is 9.97. The van der Waals surface area contributed by atoms with Crippen LogP contribution in [0.3, 0.4) is 0 Å². The molecule has 0 saturated carbocycles. The van der Waals surface area contributed by atoms with Crippen molar-refractivity contribution in [2.24, 2.45) is 5.16 Å². The first kappa shape index (κ1) is 15.1. The highest BCUT2D eigenvalue weighted by Gasteiger charge is 2.41. The molecule has 0 radical (unpaired) electrons. The van der Waals surface area contributed by atoms with Gasteiger partial charge in [-0.3, -0.25) is 10.1 Å². The van der Waals surface area contributed by atoms with Crippen molar-refractivity contribution in [3.8, 4) is 0 Å². The van der Waals surface area contributed by atoms with Crippen LogP contribution in [0.1, 0.15) is 31.2 Å². The van der Waals surface area contributed by atoms with Crippen LogP contribution >= 0.6 is 11.6 Å². The summed E-state index contributed by atoms with van der Waals surface area (Å²) < 4.78 is 0. The van der Waals surface area contributed by atoms with E-state index in [0.717, 1.165) is 19.1 Å². The summed E-state index contributed by atoms with van der Waals surface area (Å²) >= 11 is 6.13. The summed E-state index contributed by atoms with van der Waals surface area (Å²) in [6, 6.07) is 3.37. The standard InChI is InChI=1S/C14H16ClN3O4/c15-14-11(7-16-20)12(3-4-13(14)18(21)22)17-8-1-2-9(17)6-10(19)5-8/h3-4,7-10,19-20H,1-2,5-6H2. The summed E-state index contributed by atoms with van der Waals surface area (Å²) in [6.07, 6.45) is 4.09. The summed E-state index contributed by atoms with van der Waals surface area (Å²) in [5.41, 5.74) is 0.837. The van der Waals surface area contributed by atoms with Gasteiger partial charge in [-0.2, -0.15) is 0 Å². The van der Waals surface area contributed by atoms with E-state index in [4.69, 9.17) is 16.8 Å². The molecule has 2 heterocycles. The summed E-state index contributed by atoms with van der Waals surface area (Å²) in [6.45, 7) is 0. The second-order valence-corrected chi connectivity index (χ2v) is 6.13. The molecule has 2 saturated heterocycles. The number of benzene rings is 1. The Balaban J connectivity index is 2.08. The minimum atomic E-state index is -0.560. The minimum absolute atomic E-state index is 0.0363. The third-order valence-corrected chi connectivity index (χ3v) is 4.90. The van der Waals surface area contributed by atoms with E-state index in [-0.39, 0.29) is 28.9 Å². The number of nitro groups is 1. The van der Waals surface area contributed by atoms with E-state index in [0.29, 0.717) is 24.1 Å². The van der Waals surface area contributed by atoms with Crippen LogP contribution in [0.2, 0.25) is 5.02 Å². The molecule has 2 N–H and O–H groups in total. The van der Waals surface area contributed by atoms with E-state index in [1.165, 1.54) is 6.07 Å². The molecule has 3 rings (SSSR count). The maximum absolute atomic E-state index is 11.0. The zero-order valence-electron chi connectivity index (χ0n) is 11.7. The van der Waals surface area contributed by atoms with Gasteiger partial charge in [-0.25, -0.2) is 0 Å². The number of aliphatic hydroxyl groups is 1. The number of rotatable bonds is 3. The van der Waals surface area contributed by atoms with E-state index in [2.05, 4.69) is 10.1 Å². The van der Waals surface area contributed by atoms with Crippen LogP contribution in [-0.2, 0) is 0 Å². The minimum Gasteiger partial charge on any atom is -0.411 e. The van der Waals surface area contributed by atoms with Crippen molar-refractivity contribution in [2.45, 2.75) is 43.9 Å². The largest absolute Gasteiger partial charge is 0.411 e. The number of hydrogen-bond donors (Lipinski definition) is 2. The number of halogens is 1. The van der Waals surface area contributed by atoms with Crippen LogP contribution in [0.5, 0.6) is 0 Å². The van der Waals surface area contributed by atoms with Gasteiger partial charge in [0.25, 0.3) is 5.69 Å². The second kappa shape index (κ2) is 5.73. The van der Waals surface area contributed by atoms with Gasteiger partial charge in [0.05, 0.1) is 17.2 Å². The quantitative estimate of drug-likeness (QED) is 0.385. The summed E-state index contributed by atoms with van der Waals surface area (Å²) in [5.74, 6) is 0. The molecule has 2 unspecified atom stereocenters. The lowest BCUT2D eigenvalue weighted by Crippen LogP contribution is -2.45. The molecule has 22 heavy (non-hydrogen) atoms. The van der Waals surface area contributed by atoms with Crippen LogP contribution in [0.15, 0.2) is 17.3 Å². The number of hydrogen-bond acceptors (Lipinski definition) is 6. The Morgan fingerprint density at radius 3 is 2.55 bits per heavy atom. The first-order valence-electron chi connectivity index (χ1n) is 7.13. The van der Waals surface area contributed by atoms with Gasteiger partial charge in [0.2, 0.25) is 0 Å². The van der Waals surface area contributed by atoms with Crippen molar-refractivity contribution in [3.05, 3.63) is 32.8 Å². The van der Waals surface area contributed by atoms with E-state index in [1.54, 1.807) is 6.07 Å². The zero-order chi connectivity index (χ0) is 15.9. The number of oxime groups is 1. The van der Waals surface area contributed by atoms with Crippen molar-refractivity contribution >= 4 is 29.2 Å². The third kappa shape index (κ3) is 2.40. The van der Waals surface area contributed by atoms with Crippen LogP contribution in [0.4, 0.5) is 11.4 Å². The van der Waals surface area contributed by atoms with Crippen LogP contribution in [-0.4, -0.2) is 39.6 Å². The summed E-state index contributed by atoms with van der Waals surface area (Å²) in [4.78, 5) is 12.6. The normalized spacial score (nSPS) is 27.5. The molecule has 0 amide bonds. The molecular formula is C14H16ClN3O4. The highest BCUT2D eigenvalue weighted by atomic mass is 35.5. The van der Waals surface area contributed by atoms with E-state index < -0.39 is 4.92 Å². The van der Waals surface area contributed by atoms with Gasteiger partial charge >= 0.3 is 0 Å². The van der Waals surface area contributed by atoms with Crippen molar-refractivity contribution in [2.75, 3.05) is 4.90 Å². The van der Waals surface area contributed by atoms with Gasteiger partial charge in [0.1, 0.15) is 5.02 Å². The maximum Gasteiger partial charge on any atom is 0.288 e. The Morgan fingerprint density at radius 1 is 1.36 bits per heavy atom. The van der Waals surface area contributed by atoms with Gasteiger partial charge in [-0.05, 0) is 31.7 Å². The summed E-state index contributed by atoms with van der Waals surface area (Å²) in [5, 5.41) is 32.7. The van der Waals surface area contributed by atoms with Gasteiger partial charge in [0, 0.05) is 29.4 Å².